The van der Waals surface area contributed by atoms with E-state index in [1.54, 1.807) is 29.5 Å². The predicted octanol–water partition coefficient (Wildman–Crippen LogP) is 3.11. The normalized spacial score (nSPS) is 10.2. The Morgan fingerprint density at radius 1 is 1.41 bits per heavy atom. The summed E-state index contributed by atoms with van der Waals surface area (Å²) in [5.74, 6) is -0.458. The molecule has 0 aliphatic rings. The number of anilines is 1. The van der Waals surface area contributed by atoms with Gasteiger partial charge in [0.15, 0.2) is 0 Å². The van der Waals surface area contributed by atoms with Crippen LogP contribution in [0.2, 0.25) is 5.02 Å². The molecule has 0 saturated carbocycles. The van der Waals surface area contributed by atoms with Crippen LogP contribution in [-0.4, -0.2) is 5.91 Å². The first-order chi connectivity index (χ1) is 8.16. The summed E-state index contributed by atoms with van der Waals surface area (Å²) in [6.45, 7) is 0.680. The Balaban J connectivity index is 2.14. The lowest BCUT2D eigenvalue weighted by Crippen LogP contribution is -2.11. The van der Waals surface area contributed by atoms with E-state index >= 15 is 0 Å². The fourth-order valence-corrected chi connectivity index (χ4v) is 2.24. The van der Waals surface area contributed by atoms with Gasteiger partial charge in [0.05, 0.1) is 10.7 Å². The van der Waals surface area contributed by atoms with Crippen molar-refractivity contribution >= 4 is 34.5 Å². The Morgan fingerprint density at radius 3 is 2.88 bits per heavy atom. The maximum Gasteiger partial charge on any atom is 0.248 e. The van der Waals surface area contributed by atoms with Crippen LogP contribution in [0.3, 0.4) is 0 Å². The van der Waals surface area contributed by atoms with Gasteiger partial charge in [-0.15, -0.1) is 11.3 Å². The third kappa shape index (κ3) is 2.99. The van der Waals surface area contributed by atoms with Crippen LogP contribution in [0.1, 0.15) is 15.2 Å². The second-order valence-corrected chi connectivity index (χ2v) is 4.93. The zero-order chi connectivity index (χ0) is 12.3. The van der Waals surface area contributed by atoms with Crippen LogP contribution in [0.4, 0.5) is 5.69 Å². The van der Waals surface area contributed by atoms with E-state index in [0.29, 0.717) is 17.1 Å². The molecule has 0 saturated heterocycles. The van der Waals surface area contributed by atoms with Crippen molar-refractivity contribution < 1.29 is 4.79 Å². The van der Waals surface area contributed by atoms with Crippen LogP contribution in [0.25, 0.3) is 0 Å². The number of thiophene rings is 1. The second kappa shape index (κ2) is 5.21. The number of primary amides is 1. The van der Waals surface area contributed by atoms with Crippen molar-refractivity contribution in [2.75, 3.05) is 5.32 Å². The van der Waals surface area contributed by atoms with Gasteiger partial charge in [-0.2, -0.15) is 0 Å². The number of carbonyl (C=O) groups is 1. The highest BCUT2D eigenvalue weighted by Crippen LogP contribution is 2.24. The Labute approximate surface area is 108 Å². The second-order valence-electron chi connectivity index (χ2n) is 3.49. The first kappa shape index (κ1) is 12.0. The van der Waals surface area contributed by atoms with E-state index in [1.807, 2.05) is 17.5 Å². The number of rotatable bonds is 4. The molecule has 88 valence electrons. The Kier molecular flexibility index (Phi) is 3.66. The zero-order valence-electron chi connectivity index (χ0n) is 8.94. The van der Waals surface area contributed by atoms with E-state index in [0.717, 1.165) is 5.69 Å². The molecule has 0 atom stereocenters. The molecule has 2 rings (SSSR count). The number of benzene rings is 1. The molecule has 3 N–H and O–H groups in total. The fraction of sp³-hybridized carbons (Fsp3) is 0.0833. The van der Waals surface area contributed by atoms with Gasteiger partial charge in [-0.25, -0.2) is 0 Å². The van der Waals surface area contributed by atoms with Gasteiger partial charge in [0, 0.05) is 17.0 Å². The summed E-state index contributed by atoms with van der Waals surface area (Å²) in [4.78, 5) is 12.3. The van der Waals surface area contributed by atoms with E-state index in [4.69, 9.17) is 17.3 Å². The van der Waals surface area contributed by atoms with Gasteiger partial charge < -0.3 is 11.1 Å². The van der Waals surface area contributed by atoms with E-state index in [2.05, 4.69) is 5.32 Å². The number of hydrogen-bond acceptors (Lipinski definition) is 3. The van der Waals surface area contributed by atoms with Crippen molar-refractivity contribution in [2.24, 2.45) is 5.73 Å². The lowest BCUT2D eigenvalue weighted by atomic mass is 10.2. The minimum absolute atomic E-state index is 0.447. The first-order valence-corrected chi connectivity index (χ1v) is 6.28. The van der Waals surface area contributed by atoms with Crippen LogP contribution in [-0.2, 0) is 6.54 Å². The highest BCUT2D eigenvalue weighted by Gasteiger charge is 2.05. The molecule has 1 aromatic heterocycles. The summed E-state index contributed by atoms with van der Waals surface area (Å²) in [6.07, 6.45) is 0. The lowest BCUT2D eigenvalue weighted by Gasteiger charge is -2.08. The van der Waals surface area contributed by atoms with Gasteiger partial charge in [-0.1, -0.05) is 17.7 Å². The minimum atomic E-state index is -0.458. The number of halogens is 1. The molecule has 1 aromatic carbocycles. The predicted molar refractivity (Wildman–Crippen MR) is 71.6 cm³/mol. The van der Waals surface area contributed by atoms with Gasteiger partial charge >= 0.3 is 0 Å². The van der Waals surface area contributed by atoms with Crippen LogP contribution in [0.5, 0.6) is 0 Å². The van der Waals surface area contributed by atoms with Crippen molar-refractivity contribution in [3.05, 3.63) is 51.2 Å². The van der Waals surface area contributed by atoms with E-state index in [1.165, 1.54) is 4.88 Å². The lowest BCUT2D eigenvalue weighted by molar-refractivity contribution is 0.100. The van der Waals surface area contributed by atoms with E-state index in [9.17, 15) is 4.79 Å². The van der Waals surface area contributed by atoms with Crippen molar-refractivity contribution in [2.45, 2.75) is 6.54 Å². The number of amides is 1. The van der Waals surface area contributed by atoms with Crippen LogP contribution >= 0.6 is 22.9 Å². The third-order valence-electron chi connectivity index (χ3n) is 2.28. The average Bonchev–Trinajstić information content (AvgIpc) is 2.80. The Hall–Kier alpha value is -1.52. The molecule has 0 fully saturated rings. The van der Waals surface area contributed by atoms with Crippen molar-refractivity contribution in [1.29, 1.82) is 0 Å². The summed E-state index contributed by atoms with van der Waals surface area (Å²) >= 11 is 7.69. The largest absolute Gasteiger partial charge is 0.379 e. The van der Waals surface area contributed by atoms with Crippen LogP contribution < -0.4 is 11.1 Å². The molecule has 5 heteroatoms. The summed E-state index contributed by atoms with van der Waals surface area (Å²) in [6, 6.07) is 8.96. The Morgan fingerprint density at radius 2 is 2.24 bits per heavy atom. The third-order valence-corrected chi connectivity index (χ3v) is 3.49. The highest BCUT2D eigenvalue weighted by atomic mass is 35.5. The van der Waals surface area contributed by atoms with Gasteiger partial charge in [-0.3, -0.25) is 4.79 Å². The highest BCUT2D eigenvalue weighted by molar-refractivity contribution is 7.09. The van der Waals surface area contributed by atoms with Gasteiger partial charge in [-0.05, 0) is 29.6 Å². The van der Waals surface area contributed by atoms with Crippen molar-refractivity contribution in [1.82, 2.24) is 0 Å². The monoisotopic (exact) mass is 266 g/mol. The average molecular weight is 267 g/mol. The van der Waals surface area contributed by atoms with Crippen LogP contribution in [0.15, 0.2) is 35.7 Å². The quantitative estimate of drug-likeness (QED) is 0.893. The van der Waals surface area contributed by atoms with E-state index in [-0.39, 0.29) is 0 Å². The van der Waals surface area contributed by atoms with Gasteiger partial charge in [0.2, 0.25) is 5.91 Å². The fourth-order valence-electron chi connectivity index (χ4n) is 1.41. The standard InChI is InChI=1S/C12H11ClN2OS/c13-10-4-3-8(12(14)16)6-11(10)15-7-9-2-1-5-17-9/h1-6,15H,7H2,(H2,14,16). The molecule has 0 aliphatic heterocycles. The summed E-state index contributed by atoms with van der Waals surface area (Å²) in [7, 11) is 0. The first-order valence-electron chi connectivity index (χ1n) is 5.02. The molecular formula is C12H11ClN2OS. The van der Waals surface area contributed by atoms with Crippen molar-refractivity contribution in [3.8, 4) is 0 Å². The molecule has 2 aromatic rings. The molecule has 1 amide bonds. The summed E-state index contributed by atoms with van der Waals surface area (Å²) in [5.41, 5.74) is 6.38. The smallest absolute Gasteiger partial charge is 0.248 e. The molecule has 17 heavy (non-hydrogen) atoms. The molecule has 1 heterocycles. The molecule has 0 bridgehead atoms. The molecule has 3 nitrogen and oxygen atoms in total. The zero-order valence-corrected chi connectivity index (χ0v) is 10.5. The molecule has 0 spiro atoms. The van der Waals surface area contributed by atoms with Crippen LogP contribution in [0, 0.1) is 0 Å². The van der Waals surface area contributed by atoms with Gasteiger partial charge in [0.25, 0.3) is 0 Å². The molecular weight excluding hydrogens is 256 g/mol. The number of nitrogens with two attached hydrogens (primary N) is 1. The Bertz CT molecular complexity index is 525. The molecule has 0 unspecified atom stereocenters. The number of carbonyl (C=O) groups excluding carboxylic acids is 1. The maximum atomic E-state index is 11.1. The summed E-state index contributed by atoms with van der Waals surface area (Å²) in [5, 5.41) is 5.77. The minimum Gasteiger partial charge on any atom is -0.379 e. The topological polar surface area (TPSA) is 55.1 Å². The maximum absolute atomic E-state index is 11.1. The number of hydrogen-bond donors (Lipinski definition) is 2. The molecule has 0 radical (unpaired) electrons. The SMILES string of the molecule is NC(=O)c1ccc(Cl)c(NCc2cccs2)c1. The number of nitrogens with one attached hydrogen (secondary N) is 1. The van der Waals surface area contributed by atoms with Gasteiger partial charge in [0.1, 0.15) is 0 Å². The van der Waals surface area contributed by atoms with E-state index < -0.39 is 5.91 Å². The molecule has 0 aliphatic carbocycles. The summed E-state index contributed by atoms with van der Waals surface area (Å²) < 4.78 is 0. The van der Waals surface area contributed by atoms with Crippen molar-refractivity contribution in [3.63, 3.8) is 0 Å².